The van der Waals surface area contributed by atoms with Crippen molar-refractivity contribution < 1.29 is 13.2 Å². The SMILES string of the molecule is CC(C)S(=O)(=O)NC[C@H]1OCCNC[C@H]1c1ccc(Cl)c(Cl)c1.Cl. The van der Waals surface area contributed by atoms with Gasteiger partial charge in [-0.05, 0) is 31.5 Å². The van der Waals surface area contributed by atoms with Crippen molar-refractivity contribution in [3.8, 4) is 0 Å². The van der Waals surface area contributed by atoms with Crippen molar-refractivity contribution in [1.29, 1.82) is 0 Å². The Hall–Kier alpha value is -0.0800. The lowest BCUT2D eigenvalue weighted by atomic mass is 9.93. The van der Waals surface area contributed by atoms with Gasteiger partial charge in [-0.1, -0.05) is 29.3 Å². The Kier molecular flexibility index (Phi) is 8.76. The first-order valence-corrected chi connectivity index (χ1v) is 9.87. The van der Waals surface area contributed by atoms with Crippen LogP contribution in [0.25, 0.3) is 0 Å². The van der Waals surface area contributed by atoms with E-state index in [1.54, 1.807) is 19.9 Å². The maximum absolute atomic E-state index is 12.0. The van der Waals surface area contributed by atoms with Gasteiger partial charge in [0.15, 0.2) is 0 Å². The average Bonchev–Trinajstić information content (AvgIpc) is 2.73. The topological polar surface area (TPSA) is 67.4 Å². The van der Waals surface area contributed by atoms with E-state index in [2.05, 4.69) is 10.0 Å². The van der Waals surface area contributed by atoms with Crippen LogP contribution in [-0.2, 0) is 14.8 Å². The van der Waals surface area contributed by atoms with Crippen molar-refractivity contribution in [3.05, 3.63) is 33.8 Å². The Morgan fingerprint density at radius 3 is 2.67 bits per heavy atom. The van der Waals surface area contributed by atoms with Gasteiger partial charge in [-0.15, -0.1) is 12.4 Å². The summed E-state index contributed by atoms with van der Waals surface area (Å²) in [6, 6.07) is 5.47. The first-order valence-electron chi connectivity index (χ1n) is 7.57. The van der Waals surface area contributed by atoms with Gasteiger partial charge in [0.05, 0.1) is 28.0 Å². The Bertz CT molecular complexity index is 641. The molecule has 2 atom stereocenters. The Morgan fingerprint density at radius 1 is 1.33 bits per heavy atom. The van der Waals surface area contributed by atoms with E-state index in [0.717, 1.165) is 12.1 Å². The van der Waals surface area contributed by atoms with E-state index in [4.69, 9.17) is 27.9 Å². The summed E-state index contributed by atoms with van der Waals surface area (Å²) in [6.45, 7) is 5.47. The van der Waals surface area contributed by atoms with Gasteiger partial charge in [0, 0.05) is 25.6 Å². The molecule has 0 aliphatic carbocycles. The fourth-order valence-corrected chi connectivity index (χ4v) is 3.47. The third kappa shape index (κ3) is 5.73. The number of rotatable bonds is 5. The summed E-state index contributed by atoms with van der Waals surface area (Å²) < 4.78 is 32.5. The molecule has 1 heterocycles. The zero-order valence-electron chi connectivity index (χ0n) is 13.6. The molecule has 1 fully saturated rings. The lowest BCUT2D eigenvalue weighted by Crippen LogP contribution is -2.40. The molecule has 1 aliphatic heterocycles. The van der Waals surface area contributed by atoms with Crippen LogP contribution in [-0.4, -0.2) is 46.0 Å². The van der Waals surface area contributed by atoms with Gasteiger partial charge in [-0.3, -0.25) is 0 Å². The van der Waals surface area contributed by atoms with Gasteiger partial charge in [-0.2, -0.15) is 0 Å². The summed E-state index contributed by atoms with van der Waals surface area (Å²) in [5.41, 5.74) is 0.975. The van der Waals surface area contributed by atoms with Crippen LogP contribution in [0.4, 0.5) is 0 Å². The number of hydrogen-bond donors (Lipinski definition) is 2. The highest BCUT2D eigenvalue weighted by Crippen LogP contribution is 2.29. The summed E-state index contributed by atoms with van der Waals surface area (Å²) in [7, 11) is -3.33. The lowest BCUT2D eigenvalue weighted by Gasteiger charge is -2.26. The molecule has 0 spiro atoms. The smallest absolute Gasteiger partial charge is 0.214 e. The van der Waals surface area contributed by atoms with Gasteiger partial charge >= 0.3 is 0 Å². The summed E-state index contributed by atoms with van der Waals surface area (Å²) >= 11 is 12.1. The van der Waals surface area contributed by atoms with Crippen molar-refractivity contribution in [2.45, 2.75) is 31.1 Å². The van der Waals surface area contributed by atoms with Crippen LogP contribution in [0, 0.1) is 0 Å². The van der Waals surface area contributed by atoms with Gasteiger partial charge < -0.3 is 10.1 Å². The van der Waals surface area contributed by atoms with Crippen LogP contribution in [0.1, 0.15) is 25.3 Å². The molecule has 0 amide bonds. The molecule has 0 aromatic heterocycles. The number of hydrogen-bond acceptors (Lipinski definition) is 4. The van der Waals surface area contributed by atoms with Crippen LogP contribution < -0.4 is 10.0 Å². The Labute approximate surface area is 159 Å². The molecular weight excluding hydrogens is 395 g/mol. The van der Waals surface area contributed by atoms with Gasteiger partial charge in [0.2, 0.25) is 10.0 Å². The molecule has 24 heavy (non-hydrogen) atoms. The second kappa shape index (κ2) is 9.57. The standard InChI is InChI=1S/C15H22Cl2N2O3S.ClH/c1-10(2)23(20,21)19-9-15-12(8-18-5-6-22-15)11-3-4-13(16)14(17)7-11;/h3-4,7,10,12,15,18-19H,5-6,8-9H2,1-2H3;1H/t12-,15+;/m0./s1. The molecule has 2 N–H and O–H groups in total. The molecule has 2 rings (SSSR count). The number of nitrogens with one attached hydrogen (secondary N) is 2. The van der Waals surface area contributed by atoms with Crippen LogP contribution in [0.5, 0.6) is 0 Å². The summed E-state index contributed by atoms with van der Waals surface area (Å²) in [5.74, 6) is -0.0119. The summed E-state index contributed by atoms with van der Waals surface area (Å²) in [5, 5.41) is 3.80. The molecule has 0 unspecified atom stereocenters. The van der Waals surface area contributed by atoms with Crippen LogP contribution in [0.3, 0.4) is 0 Å². The highest BCUT2D eigenvalue weighted by Gasteiger charge is 2.28. The predicted molar refractivity (Wildman–Crippen MR) is 101 cm³/mol. The van der Waals surface area contributed by atoms with E-state index in [9.17, 15) is 8.42 Å². The van der Waals surface area contributed by atoms with E-state index in [-0.39, 0.29) is 31.0 Å². The molecular formula is C15H23Cl3N2O3S. The highest BCUT2D eigenvalue weighted by atomic mass is 35.5. The van der Waals surface area contributed by atoms with Crippen molar-refractivity contribution in [2.75, 3.05) is 26.2 Å². The summed E-state index contributed by atoms with van der Waals surface area (Å²) in [4.78, 5) is 0. The maximum Gasteiger partial charge on any atom is 0.214 e. The molecule has 0 radical (unpaired) electrons. The van der Waals surface area contributed by atoms with Crippen LogP contribution >= 0.6 is 35.6 Å². The van der Waals surface area contributed by atoms with Gasteiger partial charge in [0.1, 0.15) is 0 Å². The third-order valence-corrected chi connectivity index (χ3v) is 6.45. The maximum atomic E-state index is 12.0. The van der Waals surface area contributed by atoms with E-state index < -0.39 is 15.3 Å². The quantitative estimate of drug-likeness (QED) is 0.773. The van der Waals surface area contributed by atoms with Crippen LogP contribution in [0.15, 0.2) is 18.2 Å². The molecule has 1 aliphatic rings. The van der Waals surface area contributed by atoms with E-state index in [1.165, 1.54) is 0 Å². The molecule has 1 aromatic carbocycles. The van der Waals surface area contributed by atoms with Gasteiger partial charge in [-0.25, -0.2) is 13.1 Å². The first-order chi connectivity index (χ1) is 10.8. The Morgan fingerprint density at radius 2 is 2.04 bits per heavy atom. The zero-order valence-corrected chi connectivity index (χ0v) is 16.7. The first kappa shape index (κ1) is 22.0. The molecule has 138 valence electrons. The number of benzene rings is 1. The number of halogens is 3. The van der Waals surface area contributed by atoms with Gasteiger partial charge in [0.25, 0.3) is 0 Å². The molecule has 1 aromatic rings. The minimum absolute atomic E-state index is 0. The van der Waals surface area contributed by atoms with E-state index in [1.807, 2.05) is 12.1 Å². The minimum Gasteiger partial charge on any atom is -0.375 e. The predicted octanol–water partition coefficient (Wildman–Crippen LogP) is 2.82. The largest absolute Gasteiger partial charge is 0.375 e. The van der Waals surface area contributed by atoms with E-state index >= 15 is 0 Å². The zero-order chi connectivity index (χ0) is 17.0. The monoisotopic (exact) mass is 416 g/mol. The fraction of sp³-hybridized carbons (Fsp3) is 0.600. The minimum atomic E-state index is -3.33. The second-order valence-corrected chi connectivity index (χ2v) is 8.97. The molecule has 9 heteroatoms. The normalized spacial score (nSPS) is 22.0. The number of ether oxygens (including phenoxy) is 1. The molecule has 1 saturated heterocycles. The average molecular weight is 418 g/mol. The second-order valence-electron chi connectivity index (χ2n) is 5.84. The molecule has 0 bridgehead atoms. The number of sulfonamides is 1. The molecule has 5 nitrogen and oxygen atoms in total. The van der Waals surface area contributed by atoms with Crippen molar-refractivity contribution >= 4 is 45.6 Å². The van der Waals surface area contributed by atoms with Crippen LogP contribution in [0.2, 0.25) is 10.0 Å². The molecule has 0 saturated carbocycles. The summed E-state index contributed by atoms with van der Waals surface area (Å²) in [6.07, 6.45) is -0.268. The Balaban J connectivity index is 0.00000288. The van der Waals surface area contributed by atoms with Crippen molar-refractivity contribution in [3.63, 3.8) is 0 Å². The lowest BCUT2D eigenvalue weighted by molar-refractivity contribution is 0.0559. The highest BCUT2D eigenvalue weighted by molar-refractivity contribution is 7.90. The third-order valence-electron chi connectivity index (χ3n) is 3.90. The van der Waals surface area contributed by atoms with Crippen molar-refractivity contribution in [2.24, 2.45) is 0 Å². The van der Waals surface area contributed by atoms with Crippen molar-refractivity contribution in [1.82, 2.24) is 10.0 Å². The fourth-order valence-electron chi connectivity index (χ4n) is 2.43. The van der Waals surface area contributed by atoms with E-state index in [0.29, 0.717) is 23.2 Å².